The van der Waals surface area contributed by atoms with E-state index in [4.69, 9.17) is 15.2 Å². The fourth-order valence-corrected chi connectivity index (χ4v) is 1.31. The molecule has 3 N–H and O–H groups in total. The Kier molecular flexibility index (Phi) is 8.65. The van der Waals surface area contributed by atoms with Crippen LogP contribution in [0.5, 0.6) is 0 Å². The Balaban J connectivity index is 3.96. The smallest absolute Gasteiger partial charge is 0.246 e. The fraction of sp³-hybridized carbons (Fsp3) is 0.600. The van der Waals surface area contributed by atoms with Gasteiger partial charge in [-0.15, -0.1) is 0 Å². The molecule has 0 fully saturated rings. The van der Waals surface area contributed by atoms with E-state index < -0.39 is 17.9 Å². The van der Waals surface area contributed by atoms with Crippen LogP contribution in [0.25, 0.3) is 0 Å². The number of halogens is 1. The summed E-state index contributed by atoms with van der Waals surface area (Å²) in [7, 11) is 1.54. The lowest BCUT2D eigenvalue weighted by molar-refractivity contribution is -0.130. The summed E-state index contributed by atoms with van der Waals surface area (Å²) in [5, 5.41) is 2.45. The van der Waals surface area contributed by atoms with Gasteiger partial charge in [-0.3, -0.25) is 9.59 Å². The molecule has 0 unspecified atom stereocenters. The highest BCUT2D eigenvalue weighted by Gasteiger charge is 2.18. The zero-order valence-corrected chi connectivity index (χ0v) is 11.3. The number of carbonyl (C=O) groups excluding carboxylic acids is 2. The number of hydrogen-bond donors (Lipinski definition) is 2. The zero-order valence-electron chi connectivity index (χ0n) is 9.70. The van der Waals surface area contributed by atoms with Crippen molar-refractivity contribution in [2.75, 3.05) is 26.9 Å². The summed E-state index contributed by atoms with van der Waals surface area (Å²) >= 11 is 3.11. The van der Waals surface area contributed by atoms with Crippen LogP contribution < -0.4 is 11.1 Å². The second-order valence-electron chi connectivity index (χ2n) is 3.29. The molecule has 0 aromatic carbocycles. The van der Waals surface area contributed by atoms with Gasteiger partial charge in [0.15, 0.2) is 0 Å². The normalized spacial score (nSPS) is 11.9. The average Bonchev–Trinajstić information content (AvgIpc) is 2.22. The van der Waals surface area contributed by atoms with Gasteiger partial charge in [-0.05, 0) is 4.48 Å². The maximum atomic E-state index is 11.4. The first kappa shape index (κ1) is 16.1. The quantitative estimate of drug-likeness (QED) is 0.583. The molecule has 2 amide bonds. The molecule has 0 rings (SSSR count). The van der Waals surface area contributed by atoms with Gasteiger partial charge >= 0.3 is 0 Å². The van der Waals surface area contributed by atoms with E-state index in [0.717, 1.165) is 0 Å². The molecule has 0 aliphatic carbocycles. The number of amides is 2. The maximum absolute atomic E-state index is 11.4. The number of ether oxygens (including phenoxy) is 2. The van der Waals surface area contributed by atoms with E-state index >= 15 is 0 Å². The first-order valence-electron chi connectivity index (χ1n) is 4.96. The van der Waals surface area contributed by atoms with E-state index in [9.17, 15) is 9.59 Å². The minimum absolute atomic E-state index is 0.137. The molecule has 0 aromatic rings. The van der Waals surface area contributed by atoms with Crippen molar-refractivity contribution in [3.63, 3.8) is 0 Å². The van der Waals surface area contributed by atoms with Gasteiger partial charge in [0.05, 0.1) is 13.2 Å². The Morgan fingerprint density at radius 1 is 1.47 bits per heavy atom. The zero-order chi connectivity index (χ0) is 13.3. The third-order valence-electron chi connectivity index (χ3n) is 1.77. The van der Waals surface area contributed by atoms with Crippen LogP contribution in [0.2, 0.25) is 0 Å². The molecule has 7 heteroatoms. The van der Waals surface area contributed by atoms with E-state index in [2.05, 4.69) is 27.8 Å². The largest absolute Gasteiger partial charge is 0.382 e. The lowest BCUT2D eigenvalue weighted by Crippen LogP contribution is -2.45. The second-order valence-corrected chi connectivity index (χ2v) is 4.41. The lowest BCUT2D eigenvalue weighted by atomic mass is 10.2. The highest BCUT2D eigenvalue weighted by atomic mass is 79.9. The van der Waals surface area contributed by atoms with Crippen molar-refractivity contribution in [1.29, 1.82) is 0 Å². The van der Waals surface area contributed by atoms with Crippen LogP contribution in [0.4, 0.5) is 0 Å². The van der Waals surface area contributed by atoms with Gasteiger partial charge in [0.2, 0.25) is 11.8 Å². The van der Waals surface area contributed by atoms with Crippen molar-refractivity contribution >= 4 is 27.7 Å². The molecule has 0 saturated heterocycles. The molecule has 0 spiro atoms. The van der Waals surface area contributed by atoms with Gasteiger partial charge in [0.1, 0.15) is 12.6 Å². The topological polar surface area (TPSA) is 90.7 Å². The van der Waals surface area contributed by atoms with Crippen LogP contribution in [-0.4, -0.2) is 44.8 Å². The Labute approximate surface area is 109 Å². The lowest BCUT2D eigenvalue weighted by Gasteiger charge is -2.14. The van der Waals surface area contributed by atoms with E-state index in [1.54, 1.807) is 0 Å². The molecule has 0 radical (unpaired) electrons. The summed E-state index contributed by atoms with van der Waals surface area (Å²) in [5.74, 6) is -1.02. The van der Waals surface area contributed by atoms with Crippen LogP contribution in [0.3, 0.4) is 0 Å². The standard InChI is InChI=1S/C10H17BrN2O4/c1-7(11)5-8(10(12)15)13-9(14)6-17-4-3-16-2/h8H,1,3-6H2,2H3,(H2,12,15)(H,13,14)/t8-/m0/s1. The minimum Gasteiger partial charge on any atom is -0.382 e. The van der Waals surface area contributed by atoms with Crippen molar-refractivity contribution in [3.05, 3.63) is 11.1 Å². The molecular weight excluding hydrogens is 292 g/mol. The van der Waals surface area contributed by atoms with Crippen molar-refractivity contribution in [3.8, 4) is 0 Å². The summed E-state index contributed by atoms with van der Waals surface area (Å²) in [6.07, 6.45) is 0.249. The van der Waals surface area contributed by atoms with Gasteiger partial charge in [-0.2, -0.15) is 0 Å². The maximum Gasteiger partial charge on any atom is 0.246 e. The first-order valence-corrected chi connectivity index (χ1v) is 5.75. The van der Waals surface area contributed by atoms with Crippen LogP contribution in [0.15, 0.2) is 11.1 Å². The summed E-state index contributed by atoms with van der Waals surface area (Å²) in [6.45, 7) is 4.17. The Hall–Kier alpha value is -0.920. The number of rotatable bonds is 9. The molecule has 0 aliphatic rings. The van der Waals surface area contributed by atoms with Gasteiger partial charge in [-0.1, -0.05) is 22.5 Å². The van der Waals surface area contributed by atoms with Crippen molar-refractivity contribution < 1.29 is 19.1 Å². The number of nitrogens with two attached hydrogens (primary N) is 1. The third kappa shape index (κ3) is 8.84. The molecule has 17 heavy (non-hydrogen) atoms. The van der Waals surface area contributed by atoms with E-state index in [0.29, 0.717) is 17.7 Å². The SMILES string of the molecule is C=C(Br)C[C@H](NC(=O)COCCOC)C(N)=O. The van der Waals surface area contributed by atoms with E-state index in [1.165, 1.54) is 7.11 Å². The van der Waals surface area contributed by atoms with Crippen LogP contribution in [0, 0.1) is 0 Å². The molecule has 0 heterocycles. The van der Waals surface area contributed by atoms with Crippen LogP contribution >= 0.6 is 15.9 Å². The van der Waals surface area contributed by atoms with E-state index in [-0.39, 0.29) is 13.0 Å². The minimum atomic E-state index is -0.777. The summed E-state index contributed by atoms with van der Waals surface area (Å²) in [4.78, 5) is 22.4. The summed E-state index contributed by atoms with van der Waals surface area (Å²) in [5.41, 5.74) is 5.13. The summed E-state index contributed by atoms with van der Waals surface area (Å²) < 4.78 is 10.3. The predicted octanol–water partition coefficient (Wildman–Crippen LogP) is -0.0818. The van der Waals surface area contributed by atoms with E-state index in [1.807, 2.05) is 0 Å². The van der Waals surface area contributed by atoms with Gasteiger partial charge in [0.25, 0.3) is 0 Å². The molecule has 0 aliphatic heterocycles. The van der Waals surface area contributed by atoms with Crippen molar-refractivity contribution in [2.24, 2.45) is 5.73 Å². The number of hydrogen-bond acceptors (Lipinski definition) is 4. The predicted molar refractivity (Wildman–Crippen MR) is 66.5 cm³/mol. The molecule has 98 valence electrons. The Morgan fingerprint density at radius 2 is 2.12 bits per heavy atom. The number of carbonyl (C=O) groups is 2. The molecule has 1 atom stereocenters. The highest BCUT2D eigenvalue weighted by Crippen LogP contribution is 2.09. The molecule has 0 aromatic heterocycles. The number of primary amides is 1. The molecular formula is C10H17BrN2O4. The Morgan fingerprint density at radius 3 is 2.59 bits per heavy atom. The van der Waals surface area contributed by atoms with Gasteiger partial charge in [-0.25, -0.2) is 0 Å². The van der Waals surface area contributed by atoms with Crippen molar-refractivity contribution in [1.82, 2.24) is 5.32 Å². The van der Waals surface area contributed by atoms with Gasteiger partial charge < -0.3 is 20.5 Å². The van der Waals surface area contributed by atoms with Gasteiger partial charge in [0, 0.05) is 13.5 Å². The van der Waals surface area contributed by atoms with Crippen LogP contribution in [0.1, 0.15) is 6.42 Å². The molecule has 0 bridgehead atoms. The molecule has 6 nitrogen and oxygen atoms in total. The third-order valence-corrected chi connectivity index (χ3v) is 2.09. The molecule has 0 saturated carbocycles. The Bertz CT molecular complexity index is 283. The average molecular weight is 309 g/mol. The number of methoxy groups -OCH3 is 1. The fourth-order valence-electron chi connectivity index (χ4n) is 0.987. The second kappa shape index (κ2) is 9.15. The monoisotopic (exact) mass is 308 g/mol. The first-order chi connectivity index (χ1) is 7.97. The highest BCUT2D eigenvalue weighted by molar-refractivity contribution is 9.11. The number of nitrogens with one attached hydrogen (secondary N) is 1. The van der Waals surface area contributed by atoms with Crippen molar-refractivity contribution in [2.45, 2.75) is 12.5 Å². The van der Waals surface area contributed by atoms with Crippen LogP contribution in [-0.2, 0) is 19.1 Å². The summed E-state index contributed by atoms with van der Waals surface area (Å²) in [6, 6.07) is -0.777.